The van der Waals surface area contributed by atoms with E-state index in [1.54, 1.807) is 0 Å². The Kier molecular flexibility index (Phi) is 5.56. The van der Waals surface area contributed by atoms with Crippen LogP contribution in [0.5, 0.6) is 0 Å². The normalized spacial score (nSPS) is 18.9. The number of hydrogen-bond donors (Lipinski definition) is 0. The second-order valence-corrected chi connectivity index (χ2v) is 5.60. The fourth-order valence-electron chi connectivity index (χ4n) is 2.26. The lowest BCUT2D eigenvalue weighted by Crippen LogP contribution is -2.47. The predicted molar refractivity (Wildman–Crippen MR) is 81.5 cm³/mol. The van der Waals surface area contributed by atoms with Gasteiger partial charge in [-0.05, 0) is 24.0 Å². The second kappa shape index (κ2) is 7.41. The van der Waals surface area contributed by atoms with E-state index in [2.05, 4.69) is 29.8 Å². The Balaban J connectivity index is 2.03. The zero-order chi connectivity index (χ0) is 15.2. The first-order valence-electron chi connectivity index (χ1n) is 7.60. The van der Waals surface area contributed by atoms with Crippen molar-refractivity contribution in [2.75, 3.05) is 31.2 Å². The SMILES string of the molecule is CCCOC(=O)C1CN(c2cncc(C(C)C)c2)CCO1. The van der Waals surface area contributed by atoms with E-state index in [0.29, 0.717) is 25.7 Å². The molecule has 21 heavy (non-hydrogen) atoms. The van der Waals surface area contributed by atoms with Crippen molar-refractivity contribution in [1.82, 2.24) is 4.98 Å². The van der Waals surface area contributed by atoms with Gasteiger partial charge in [0.25, 0.3) is 0 Å². The van der Waals surface area contributed by atoms with Crippen molar-refractivity contribution < 1.29 is 14.3 Å². The van der Waals surface area contributed by atoms with Crippen LogP contribution >= 0.6 is 0 Å². The van der Waals surface area contributed by atoms with Gasteiger partial charge in [-0.25, -0.2) is 4.79 Å². The third-order valence-corrected chi connectivity index (χ3v) is 3.55. The maximum atomic E-state index is 11.9. The highest BCUT2D eigenvalue weighted by Gasteiger charge is 2.28. The largest absolute Gasteiger partial charge is 0.464 e. The van der Waals surface area contributed by atoms with Crippen molar-refractivity contribution >= 4 is 11.7 Å². The number of ether oxygens (including phenoxy) is 2. The number of carbonyl (C=O) groups is 1. The zero-order valence-corrected chi connectivity index (χ0v) is 13.0. The molecule has 1 aromatic rings. The van der Waals surface area contributed by atoms with E-state index in [-0.39, 0.29) is 5.97 Å². The molecule has 2 heterocycles. The van der Waals surface area contributed by atoms with E-state index in [1.807, 2.05) is 19.3 Å². The van der Waals surface area contributed by atoms with Gasteiger partial charge in [-0.1, -0.05) is 20.8 Å². The molecule has 0 aliphatic carbocycles. The lowest BCUT2D eigenvalue weighted by atomic mass is 10.1. The molecule has 0 spiro atoms. The first-order valence-corrected chi connectivity index (χ1v) is 7.60. The molecule has 0 aromatic carbocycles. The summed E-state index contributed by atoms with van der Waals surface area (Å²) in [4.78, 5) is 18.4. The Labute approximate surface area is 126 Å². The zero-order valence-electron chi connectivity index (χ0n) is 13.0. The lowest BCUT2D eigenvalue weighted by Gasteiger charge is -2.33. The van der Waals surface area contributed by atoms with E-state index in [0.717, 1.165) is 18.7 Å². The van der Waals surface area contributed by atoms with Crippen molar-refractivity contribution in [3.63, 3.8) is 0 Å². The molecule has 1 aliphatic rings. The van der Waals surface area contributed by atoms with Crippen molar-refractivity contribution in [3.8, 4) is 0 Å². The number of pyridine rings is 1. The lowest BCUT2D eigenvalue weighted by molar-refractivity contribution is -0.157. The minimum Gasteiger partial charge on any atom is -0.464 e. The summed E-state index contributed by atoms with van der Waals surface area (Å²) >= 11 is 0. The number of nitrogens with zero attached hydrogens (tertiary/aromatic N) is 2. The summed E-state index contributed by atoms with van der Waals surface area (Å²) < 4.78 is 10.7. The van der Waals surface area contributed by atoms with E-state index in [4.69, 9.17) is 9.47 Å². The van der Waals surface area contributed by atoms with Gasteiger partial charge in [0.2, 0.25) is 0 Å². The molecule has 116 valence electrons. The molecule has 1 aliphatic heterocycles. The van der Waals surface area contributed by atoms with Crippen LogP contribution in [0.25, 0.3) is 0 Å². The van der Waals surface area contributed by atoms with Gasteiger partial charge in [0.15, 0.2) is 6.10 Å². The molecule has 0 radical (unpaired) electrons. The quantitative estimate of drug-likeness (QED) is 0.780. The van der Waals surface area contributed by atoms with Gasteiger partial charge >= 0.3 is 5.97 Å². The molecule has 0 bridgehead atoms. The summed E-state index contributed by atoms with van der Waals surface area (Å²) in [5.74, 6) is 0.165. The standard InChI is InChI=1S/C16H24N2O3/c1-4-6-21-16(19)15-11-18(5-7-20-15)14-8-13(12(2)3)9-17-10-14/h8-10,12,15H,4-7,11H2,1-3H3. The van der Waals surface area contributed by atoms with Crippen molar-refractivity contribution in [2.24, 2.45) is 0 Å². The molecule has 1 unspecified atom stereocenters. The van der Waals surface area contributed by atoms with Gasteiger partial charge in [0.05, 0.1) is 31.6 Å². The van der Waals surface area contributed by atoms with Crippen molar-refractivity contribution in [3.05, 3.63) is 24.0 Å². The van der Waals surface area contributed by atoms with E-state index in [9.17, 15) is 4.79 Å². The summed E-state index contributed by atoms with van der Waals surface area (Å²) in [5.41, 5.74) is 2.24. The topological polar surface area (TPSA) is 51.7 Å². The van der Waals surface area contributed by atoms with Gasteiger partial charge in [0, 0.05) is 12.7 Å². The van der Waals surface area contributed by atoms with Gasteiger partial charge in [0.1, 0.15) is 0 Å². The number of aromatic nitrogens is 1. The maximum absolute atomic E-state index is 11.9. The highest BCUT2D eigenvalue weighted by Crippen LogP contribution is 2.22. The molecule has 2 rings (SSSR count). The minimum atomic E-state index is -0.506. The van der Waals surface area contributed by atoms with Crippen LogP contribution < -0.4 is 4.90 Å². The molecule has 5 heteroatoms. The number of morpholine rings is 1. The Hall–Kier alpha value is -1.62. The number of hydrogen-bond acceptors (Lipinski definition) is 5. The molecule has 0 N–H and O–H groups in total. The van der Waals surface area contributed by atoms with Gasteiger partial charge in [-0.3, -0.25) is 4.98 Å². The third-order valence-electron chi connectivity index (χ3n) is 3.55. The molecule has 1 fully saturated rings. The van der Waals surface area contributed by atoms with Crippen LogP contribution in [0.15, 0.2) is 18.5 Å². The number of anilines is 1. The summed E-state index contributed by atoms with van der Waals surface area (Å²) in [6.45, 7) is 8.52. The fourth-order valence-corrected chi connectivity index (χ4v) is 2.26. The monoisotopic (exact) mass is 292 g/mol. The Bertz CT molecular complexity index is 476. The molecular weight excluding hydrogens is 268 g/mol. The first kappa shape index (κ1) is 15.8. The van der Waals surface area contributed by atoms with E-state index >= 15 is 0 Å². The average Bonchev–Trinajstić information content (AvgIpc) is 2.52. The van der Waals surface area contributed by atoms with Gasteiger partial charge < -0.3 is 14.4 Å². The van der Waals surface area contributed by atoms with Crippen LogP contribution in [0.3, 0.4) is 0 Å². The maximum Gasteiger partial charge on any atom is 0.337 e. The smallest absolute Gasteiger partial charge is 0.337 e. The summed E-state index contributed by atoms with van der Waals surface area (Å²) in [5, 5.41) is 0. The average molecular weight is 292 g/mol. The molecule has 0 amide bonds. The van der Waals surface area contributed by atoms with Crippen LogP contribution in [0, 0.1) is 0 Å². The fraction of sp³-hybridized carbons (Fsp3) is 0.625. The Morgan fingerprint density at radius 1 is 1.52 bits per heavy atom. The molecule has 1 aromatic heterocycles. The summed E-state index contributed by atoms with van der Waals surface area (Å²) in [6, 6.07) is 2.14. The summed E-state index contributed by atoms with van der Waals surface area (Å²) in [7, 11) is 0. The molecule has 0 saturated carbocycles. The minimum absolute atomic E-state index is 0.269. The summed E-state index contributed by atoms with van der Waals surface area (Å²) in [6.07, 6.45) is 4.04. The van der Waals surface area contributed by atoms with Gasteiger partial charge in [-0.15, -0.1) is 0 Å². The van der Waals surface area contributed by atoms with E-state index in [1.165, 1.54) is 5.56 Å². The van der Waals surface area contributed by atoms with Crippen LogP contribution in [0.4, 0.5) is 5.69 Å². The molecule has 1 atom stereocenters. The van der Waals surface area contributed by atoms with Crippen LogP contribution in [0.2, 0.25) is 0 Å². The Morgan fingerprint density at radius 3 is 3.05 bits per heavy atom. The first-order chi connectivity index (χ1) is 10.1. The number of carbonyl (C=O) groups excluding carboxylic acids is 1. The highest BCUT2D eigenvalue weighted by atomic mass is 16.6. The number of esters is 1. The highest BCUT2D eigenvalue weighted by molar-refractivity contribution is 5.76. The van der Waals surface area contributed by atoms with Crippen molar-refractivity contribution in [1.29, 1.82) is 0 Å². The van der Waals surface area contributed by atoms with Crippen LogP contribution in [0.1, 0.15) is 38.7 Å². The van der Waals surface area contributed by atoms with Crippen molar-refractivity contribution in [2.45, 2.75) is 39.2 Å². The van der Waals surface area contributed by atoms with Crippen LogP contribution in [-0.2, 0) is 14.3 Å². The molecule has 5 nitrogen and oxygen atoms in total. The number of rotatable bonds is 5. The predicted octanol–water partition coefficient (Wildman–Crippen LogP) is 2.36. The van der Waals surface area contributed by atoms with Gasteiger partial charge in [-0.2, -0.15) is 0 Å². The second-order valence-electron chi connectivity index (χ2n) is 5.60. The molecular formula is C16H24N2O3. The third kappa shape index (κ3) is 4.17. The van der Waals surface area contributed by atoms with Crippen LogP contribution in [-0.4, -0.2) is 43.4 Å². The molecule has 1 saturated heterocycles. The van der Waals surface area contributed by atoms with E-state index < -0.39 is 6.10 Å². The Morgan fingerprint density at radius 2 is 2.33 bits per heavy atom.